The van der Waals surface area contributed by atoms with Crippen LogP contribution in [-0.2, 0) is 9.59 Å². The van der Waals surface area contributed by atoms with Crippen molar-refractivity contribution in [1.82, 2.24) is 9.88 Å². The van der Waals surface area contributed by atoms with Gasteiger partial charge in [-0.15, -0.1) is 0 Å². The molecule has 1 aromatic carbocycles. The minimum atomic E-state index is -0.192. The molecule has 2 aromatic rings. The molecule has 6 heteroatoms. The van der Waals surface area contributed by atoms with E-state index < -0.39 is 0 Å². The molecule has 0 spiro atoms. The molecule has 0 radical (unpaired) electrons. The van der Waals surface area contributed by atoms with Crippen LogP contribution in [0.2, 0.25) is 0 Å². The first-order valence-corrected chi connectivity index (χ1v) is 8.89. The van der Waals surface area contributed by atoms with Crippen LogP contribution in [0.15, 0.2) is 54.9 Å². The molecule has 2 heterocycles. The summed E-state index contributed by atoms with van der Waals surface area (Å²) < 4.78 is 5.59. The average molecular weight is 353 g/mol. The number of carbonyl (C=O) groups is 2. The Morgan fingerprint density at radius 3 is 2.81 bits per heavy atom. The zero-order chi connectivity index (χ0) is 18.2. The molecular formula is C20H23N3O3. The standard InChI is InChI=1S/C20H23N3O3/c24-19(10-13-26-18-8-2-1-3-9-18)23-12-5-6-16(15-23)20(25)22-17-7-4-11-21-14-17/h1-4,7-9,11,14,16H,5-6,10,12-13,15H2,(H,22,25). The van der Waals surface area contributed by atoms with E-state index in [0.717, 1.165) is 18.6 Å². The number of anilines is 1. The third-order valence-corrected chi connectivity index (χ3v) is 4.40. The molecule has 26 heavy (non-hydrogen) atoms. The summed E-state index contributed by atoms with van der Waals surface area (Å²) in [4.78, 5) is 30.6. The van der Waals surface area contributed by atoms with Crippen molar-refractivity contribution in [3.05, 3.63) is 54.9 Å². The summed E-state index contributed by atoms with van der Waals surface area (Å²) in [6, 6.07) is 13.0. The van der Waals surface area contributed by atoms with E-state index in [2.05, 4.69) is 10.3 Å². The summed E-state index contributed by atoms with van der Waals surface area (Å²) in [5.74, 6) is 0.534. The maximum atomic E-state index is 12.4. The number of nitrogens with one attached hydrogen (secondary N) is 1. The van der Waals surface area contributed by atoms with Crippen molar-refractivity contribution >= 4 is 17.5 Å². The second-order valence-electron chi connectivity index (χ2n) is 6.32. The summed E-state index contributed by atoms with van der Waals surface area (Å²) in [7, 11) is 0. The summed E-state index contributed by atoms with van der Waals surface area (Å²) >= 11 is 0. The van der Waals surface area contributed by atoms with Crippen LogP contribution < -0.4 is 10.1 Å². The molecule has 1 aliphatic rings. The lowest BCUT2D eigenvalue weighted by atomic mass is 9.97. The molecule has 6 nitrogen and oxygen atoms in total. The molecule has 0 aliphatic carbocycles. The highest BCUT2D eigenvalue weighted by molar-refractivity contribution is 5.93. The van der Waals surface area contributed by atoms with Gasteiger partial charge in [-0.2, -0.15) is 0 Å². The van der Waals surface area contributed by atoms with Crippen LogP contribution in [0.3, 0.4) is 0 Å². The Hall–Kier alpha value is -2.89. The van der Waals surface area contributed by atoms with Crippen molar-refractivity contribution in [3.63, 3.8) is 0 Å². The van der Waals surface area contributed by atoms with Crippen LogP contribution in [0.25, 0.3) is 0 Å². The van der Waals surface area contributed by atoms with E-state index in [0.29, 0.717) is 31.8 Å². The molecular weight excluding hydrogens is 330 g/mol. The van der Waals surface area contributed by atoms with Gasteiger partial charge < -0.3 is 15.0 Å². The number of carbonyl (C=O) groups excluding carboxylic acids is 2. The van der Waals surface area contributed by atoms with Crippen LogP contribution in [0.1, 0.15) is 19.3 Å². The average Bonchev–Trinajstić information content (AvgIpc) is 2.69. The van der Waals surface area contributed by atoms with Gasteiger partial charge in [0.25, 0.3) is 0 Å². The minimum absolute atomic E-state index is 0.0276. The SMILES string of the molecule is O=C(Nc1cccnc1)C1CCCN(C(=O)CCOc2ccccc2)C1. The smallest absolute Gasteiger partial charge is 0.229 e. The zero-order valence-corrected chi connectivity index (χ0v) is 14.6. The Kier molecular flexibility index (Phi) is 6.19. The second-order valence-corrected chi connectivity index (χ2v) is 6.32. The topological polar surface area (TPSA) is 71.5 Å². The minimum Gasteiger partial charge on any atom is -0.493 e. The predicted octanol–water partition coefficient (Wildman–Crippen LogP) is 2.73. The maximum absolute atomic E-state index is 12.4. The van der Waals surface area contributed by atoms with Gasteiger partial charge in [-0.05, 0) is 37.1 Å². The lowest BCUT2D eigenvalue weighted by Gasteiger charge is -2.32. The first-order chi connectivity index (χ1) is 12.7. The lowest BCUT2D eigenvalue weighted by molar-refractivity contribution is -0.135. The van der Waals surface area contributed by atoms with E-state index in [-0.39, 0.29) is 17.7 Å². The van der Waals surface area contributed by atoms with Crippen molar-refractivity contribution in [2.45, 2.75) is 19.3 Å². The van der Waals surface area contributed by atoms with Gasteiger partial charge in [-0.3, -0.25) is 14.6 Å². The fourth-order valence-corrected chi connectivity index (χ4v) is 3.03. The molecule has 1 saturated heterocycles. The van der Waals surface area contributed by atoms with E-state index in [1.165, 1.54) is 0 Å². The fourth-order valence-electron chi connectivity index (χ4n) is 3.03. The zero-order valence-electron chi connectivity index (χ0n) is 14.6. The van der Waals surface area contributed by atoms with E-state index in [9.17, 15) is 9.59 Å². The number of piperidine rings is 1. The quantitative estimate of drug-likeness (QED) is 0.867. The van der Waals surface area contributed by atoms with Gasteiger partial charge in [0.05, 0.1) is 30.8 Å². The molecule has 2 amide bonds. The third-order valence-electron chi connectivity index (χ3n) is 4.40. The van der Waals surface area contributed by atoms with Crippen LogP contribution in [0.4, 0.5) is 5.69 Å². The molecule has 1 aliphatic heterocycles. The summed E-state index contributed by atoms with van der Waals surface area (Å²) in [6.07, 6.45) is 5.21. The van der Waals surface area contributed by atoms with Gasteiger partial charge in [0.2, 0.25) is 11.8 Å². The largest absolute Gasteiger partial charge is 0.493 e. The van der Waals surface area contributed by atoms with Gasteiger partial charge in [0.15, 0.2) is 0 Å². The second kappa shape index (κ2) is 8.99. The number of hydrogen-bond donors (Lipinski definition) is 1. The van der Waals surface area contributed by atoms with E-state index in [1.54, 1.807) is 29.4 Å². The highest BCUT2D eigenvalue weighted by Gasteiger charge is 2.28. The first kappa shape index (κ1) is 17.9. The van der Waals surface area contributed by atoms with Crippen molar-refractivity contribution in [3.8, 4) is 5.75 Å². The number of benzene rings is 1. The van der Waals surface area contributed by atoms with Crippen LogP contribution in [-0.4, -0.2) is 41.4 Å². The molecule has 1 atom stereocenters. The lowest BCUT2D eigenvalue weighted by Crippen LogP contribution is -2.44. The van der Waals surface area contributed by atoms with E-state index in [1.807, 2.05) is 30.3 Å². The molecule has 136 valence electrons. The highest BCUT2D eigenvalue weighted by Crippen LogP contribution is 2.19. The van der Waals surface area contributed by atoms with Gasteiger partial charge in [0, 0.05) is 19.3 Å². The number of ether oxygens (including phenoxy) is 1. The van der Waals surface area contributed by atoms with E-state index in [4.69, 9.17) is 4.74 Å². The third kappa shape index (κ3) is 5.05. The Bertz CT molecular complexity index is 722. The Morgan fingerprint density at radius 1 is 1.19 bits per heavy atom. The van der Waals surface area contributed by atoms with Gasteiger partial charge >= 0.3 is 0 Å². The molecule has 0 bridgehead atoms. The molecule has 1 fully saturated rings. The van der Waals surface area contributed by atoms with Crippen molar-refractivity contribution in [2.75, 3.05) is 25.0 Å². The van der Waals surface area contributed by atoms with E-state index >= 15 is 0 Å². The van der Waals surface area contributed by atoms with Gasteiger partial charge in [-0.1, -0.05) is 18.2 Å². The number of nitrogens with zero attached hydrogens (tertiary/aromatic N) is 2. The normalized spacial score (nSPS) is 16.8. The number of aromatic nitrogens is 1. The first-order valence-electron chi connectivity index (χ1n) is 8.89. The molecule has 0 saturated carbocycles. The Labute approximate surface area is 153 Å². The Balaban J connectivity index is 1.46. The van der Waals surface area contributed by atoms with Crippen LogP contribution in [0.5, 0.6) is 5.75 Å². The molecule has 1 N–H and O–H groups in total. The fraction of sp³-hybridized carbons (Fsp3) is 0.350. The number of para-hydroxylation sites is 1. The monoisotopic (exact) mass is 353 g/mol. The van der Waals surface area contributed by atoms with Crippen molar-refractivity contribution < 1.29 is 14.3 Å². The number of likely N-dealkylation sites (tertiary alicyclic amines) is 1. The molecule has 1 aromatic heterocycles. The number of pyridine rings is 1. The Morgan fingerprint density at radius 2 is 2.04 bits per heavy atom. The molecule has 3 rings (SSSR count). The van der Waals surface area contributed by atoms with Gasteiger partial charge in [-0.25, -0.2) is 0 Å². The van der Waals surface area contributed by atoms with Crippen LogP contribution in [0, 0.1) is 5.92 Å². The molecule has 1 unspecified atom stereocenters. The highest BCUT2D eigenvalue weighted by atomic mass is 16.5. The maximum Gasteiger partial charge on any atom is 0.229 e. The summed E-state index contributed by atoms with van der Waals surface area (Å²) in [5, 5.41) is 2.87. The summed E-state index contributed by atoms with van der Waals surface area (Å²) in [5.41, 5.74) is 0.678. The number of hydrogen-bond acceptors (Lipinski definition) is 4. The predicted molar refractivity (Wildman–Crippen MR) is 98.7 cm³/mol. The van der Waals surface area contributed by atoms with Crippen LogP contribution >= 0.6 is 0 Å². The summed E-state index contributed by atoms with van der Waals surface area (Å²) in [6.45, 7) is 1.49. The number of rotatable bonds is 6. The van der Waals surface area contributed by atoms with Gasteiger partial charge in [0.1, 0.15) is 5.75 Å². The number of amides is 2. The van der Waals surface area contributed by atoms with Crippen molar-refractivity contribution in [2.24, 2.45) is 5.92 Å². The van der Waals surface area contributed by atoms with Crippen molar-refractivity contribution in [1.29, 1.82) is 0 Å².